The van der Waals surface area contributed by atoms with Crippen LogP contribution in [-0.2, 0) is 6.18 Å². The van der Waals surface area contributed by atoms with Crippen molar-refractivity contribution in [1.29, 1.82) is 0 Å². The van der Waals surface area contributed by atoms with E-state index < -0.39 is 17.6 Å². The highest BCUT2D eigenvalue weighted by Crippen LogP contribution is 2.34. The van der Waals surface area contributed by atoms with Gasteiger partial charge in [0.1, 0.15) is 0 Å². The summed E-state index contributed by atoms with van der Waals surface area (Å²) < 4.78 is 38.9. The molecule has 1 aromatic rings. The molecule has 0 aliphatic heterocycles. The largest absolute Gasteiger partial charge is 0.417 e. The Bertz CT molecular complexity index is 480. The molecule has 5 heteroatoms. The molecule has 0 radical (unpaired) electrons. The van der Waals surface area contributed by atoms with E-state index in [9.17, 15) is 18.0 Å². The van der Waals surface area contributed by atoms with Crippen LogP contribution in [0.4, 0.5) is 13.2 Å². The van der Waals surface area contributed by atoms with Gasteiger partial charge in [0.2, 0.25) is 0 Å². The van der Waals surface area contributed by atoms with E-state index >= 15 is 0 Å². The lowest BCUT2D eigenvalue weighted by atomic mass is 10.1. The Labute approximate surface area is 116 Å². The van der Waals surface area contributed by atoms with Gasteiger partial charge in [-0.15, -0.1) is 0 Å². The standard InChI is InChI=1S/C15H18F3NO/c1-2-9-19(10-11-7-8-11)14(20)12-5-3-4-6-13(12)15(16,17)18/h3-6,11H,2,7-10H2,1H3. The maximum atomic E-state index is 13.0. The zero-order chi connectivity index (χ0) is 14.8. The van der Waals surface area contributed by atoms with Crippen LogP contribution >= 0.6 is 0 Å². The van der Waals surface area contributed by atoms with Crippen molar-refractivity contribution in [3.8, 4) is 0 Å². The molecule has 1 aliphatic carbocycles. The van der Waals surface area contributed by atoms with Crippen LogP contribution < -0.4 is 0 Å². The predicted octanol–water partition coefficient (Wildman–Crippen LogP) is 3.97. The zero-order valence-electron chi connectivity index (χ0n) is 11.4. The lowest BCUT2D eigenvalue weighted by Crippen LogP contribution is -2.34. The summed E-state index contributed by atoms with van der Waals surface area (Å²) >= 11 is 0. The van der Waals surface area contributed by atoms with Gasteiger partial charge in [0, 0.05) is 13.1 Å². The first kappa shape index (κ1) is 14.9. The number of hydrogen-bond donors (Lipinski definition) is 0. The molecule has 0 saturated heterocycles. The van der Waals surface area contributed by atoms with Gasteiger partial charge < -0.3 is 4.90 Å². The molecule has 1 amide bonds. The van der Waals surface area contributed by atoms with Crippen molar-refractivity contribution < 1.29 is 18.0 Å². The number of hydrogen-bond acceptors (Lipinski definition) is 1. The maximum absolute atomic E-state index is 13.0. The Kier molecular flexibility index (Phi) is 4.35. The Morgan fingerprint density at radius 2 is 1.95 bits per heavy atom. The molecule has 2 nitrogen and oxygen atoms in total. The molecule has 110 valence electrons. The first-order valence-corrected chi connectivity index (χ1v) is 6.89. The van der Waals surface area contributed by atoms with Crippen LogP contribution in [0, 0.1) is 5.92 Å². The fourth-order valence-electron chi connectivity index (χ4n) is 2.24. The SMILES string of the molecule is CCCN(CC1CC1)C(=O)c1ccccc1C(F)(F)F. The third-order valence-corrected chi connectivity index (χ3v) is 3.42. The van der Waals surface area contributed by atoms with Gasteiger partial charge in [-0.3, -0.25) is 4.79 Å². The number of carbonyl (C=O) groups excluding carboxylic acids is 1. The molecule has 0 unspecified atom stereocenters. The number of carbonyl (C=O) groups is 1. The molecule has 1 saturated carbocycles. The normalized spacial score (nSPS) is 15.2. The van der Waals surface area contributed by atoms with Crippen LogP contribution in [0.5, 0.6) is 0 Å². The Hall–Kier alpha value is -1.52. The lowest BCUT2D eigenvalue weighted by Gasteiger charge is -2.23. The molecule has 0 bridgehead atoms. The lowest BCUT2D eigenvalue weighted by molar-refractivity contribution is -0.138. The summed E-state index contributed by atoms with van der Waals surface area (Å²) in [5.74, 6) is -0.0461. The smallest absolute Gasteiger partial charge is 0.338 e. The second-order valence-corrected chi connectivity index (χ2v) is 5.24. The first-order valence-electron chi connectivity index (χ1n) is 6.89. The van der Waals surface area contributed by atoms with E-state index in [1.165, 1.54) is 18.2 Å². The number of halogens is 3. The summed E-state index contributed by atoms with van der Waals surface area (Å²) in [6.45, 7) is 2.99. The van der Waals surface area contributed by atoms with E-state index in [1.54, 1.807) is 4.90 Å². The van der Waals surface area contributed by atoms with Crippen LogP contribution in [-0.4, -0.2) is 23.9 Å². The van der Waals surface area contributed by atoms with Gasteiger partial charge in [-0.25, -0.2) is 0 Å². The molecule has 20 heavy (non-hydrogen) atoms. The van der Waals surface area contributed by atoms with Gasteiger partial charge >= 0.3 is 6.18 Å². The van der Waals surface area contributed by atoms with E-state index in [-0.39, 0.29) is 5.56 Å². The van der Waals surface area contributed by atoms with Gasteiger partial charge in [-0.1, -0.05) is 19.1 Å². The first-order chi connectivity index (χ1) is 9.43. The Morgan fingerprint density at radius 1 is 1.30 bits per heavy atom. The van der Waals surface area contributed by atoms with Crippen molar-refractivity contribution in [2.45, 2.75) is 32.4 Å². The molecule has 1 aliphatic rings. The molecule has 2 rings (SSSR count). The molecule has 0 atom stereocenters. The van der Waals surface area contributed by atoms with E-state index in [2.05, 4.69) is 0 Å². The number of rotatable bonds is 5. The van der Waals surface area contributed by atoms with Crippen LogP contribution in [0.1, 0.15) is 42.1 Å². The zero-order valence-corrected chi connectivity index (χ0v) is 11.4. The summed E-state index contributed by atoms with van der Waals surface area (Å²) in [6, 6.07) is 5.02. The molecule has 0 aromatic heterocycles. The van der Waals surface area contributed by atoms with Crippen molar-refractivity contribution in [2.24, 2.45) is 5.92 Å². The van der Waals surface area contributed by atoms with Gasteiger partial charge in [-0.2, -0.15) is 13.2 Å². The van der Waals surface area contributed by atoms with Crippen molar-refractivity contribution in [3.05, 3.63) is 35.4 Å². The van der Waals surface area contributed by atoms with Gasteiger partial charge in [0.25, 0.3) is 5.91 Å². The van der Waals surface area contributed by atoms with Crippen molar-refractivity contribution in [1.82, 2.24) is 4.90 Å². The second-order valence-electron chi connectivity index (χ2n) is 5.24. The van der Waals surface area contributed by atoms with Crippen molar-refractivity contribution in [3.63, 3.8) is 0 Å². The minimum atomic E-state index is -4.50. The van der Waals surface area contributed by atoms with E-state index in [0.29, 0.717) is 19.0 Å². The van der Waals surface area contributed by atoms with E-state index in [4.69, 9.17) is 0 Å². The Morgan fingerprint density at radius 3 is 2.50 bits per heavy atom. The predicted molar refractivity (Wildman–Crippen MR) is 70.4 cm³/mol. The minimum Gasteiger partial charge on any atom is -0.338 e. The molecule has 1 fully saturated rings. The van der Waals surface area contributed by atoms with Crippen LogP contribution in [0.2, 0.25) is 0 Å². The van der Waals surface area contributed by atoms with Gasteiger partial charge in [0.05, 0.1) is 11.1 Å². The number of alkyl halides is 3. The minimum absolute atomic E-state index is 0.242. The summed E-state index contributed by atoms with van der Waals surface area (Å²) in [5, 5.41) is 0. The fraction of sp³-hybridized carbons (Fsp3) is 0.533. The number of nitrogens with zero attached hydrogens (tertiary/aromatic N) is 1. The molecule has 0 heterocycles. The fourth-order valence-corrected chi connectivity index (χ4v) is 2.24. The van der Waals surface area contributed by atoms with E-state index in [0.717, 1.165) is 25.3 Å². The second kappa shape index (κ2) is 5.85. The van der Waals surface area contributed by atoms with Crippen molar-refractivity contribution in [2.75, 3.05) is 13.1 Å². The topological polar surface area (TPSA) is 20.3 Å². The van der Waals surface area contributed by atoms with Gasteiger partial charge in [-0.05, 0) is 37.3 Å². The highest BCUT2D eigenvalue weighted by Gasteiger charge is 2.36. The summed E-state index contributed by atoms with van der Waals surface area (Å²) in [7, 11) is 0. The summed E-state index contributed by atoms with van der Waals surface area (Å²) in [5.41, 5.74) is -1.09. The average molecular weight is 285 g/mol. The number of benzene rings is 1. The third kappa shape index (κ3) is 3.52. The Balaban J connectivity index is 2.26. The highest BCUT2D eigenvalue weighted by atomic mass is 19.4. The average Bonchev–Trinajstić information content (AvgIpc) is 3.20. The third-order valence-electron chi connectivity index (χ3n) is 3.42. The maximum Gasteiger partial charge on any atom is 0.417 e. The quantitative estimate of drug-likeness (QED) is 0.801. The monoisotopic (exact) mass is 285 g/mol. The molecule has 0 spiro atoms. The summed E-state index contributed by atoms with van der Waals surface area (Å²) in [6.07, 6.45) is -1.63. The molecular formula is C15H18F3NO. The van der Waals surface area contributed by atoms with Crippen LogP contribution in [0.3, 0.4) is 0 Å². The number of amides is 1. The molecule has 0 N–H and O–H groups in total. The molecule has 1 aromatic carbocycles. The summed E-state index contributed by atoms with van der Waals surface area (Å²) in [4.78, 5) is 13.9. The van der Waals surface area contributed by atoms with Crippen LogP contribution in [0.15, 0.2) is 24.3 Å². The molecular weight excluding hydrogens is 267 g/mol. The van der Waals surface area contributed by atoms with E-state index in [1.807, 2.05) is 6.92 Å². The van der Waals surface area contributed by atoms with Crippen molar-refractivity contribution >= 4 is 5.91 Å². The highest BCUT2D eigenvalue weighted by molar-refractivity contribution is 5.96. The van der Waals surface area contributed by atoms with Crippen LogP contribution in [0.25, 0.3) is 0 Å². The van der Waals surface area contributed by atoms with Gasteiger partial charge in [0.15, 0.2) is 0 Å².